The van der Waals surface area contributed by atoms with Crippen molar-refractivity contribution < 1.29 is 4.79 Å². The molecule has 104 valence electrons. The fourth-order valence-corrected chi connectivity index (χ4v) is 3.02. The molecule has 0 bridgehead atoms. The van der Waals surface area contributed by atoms with E-state index in [4.69, 9.17) is 0 Å². The van der Waals surface area contributed by atoms with Crippen LogP contribution in [0.25, 0.3) is 0 Å². The number of carbonyl (C=O) groups excluding carboxylic acids is 1. The molecule has 3 heteroatoms. The molecule has 0 saturated carbocycles. The van der Waals surface area contributed by atoms with Crippen molar-refractivity contribution in [3.8, 4) is 0 Å². The summed E-state index contributed by atoms with van der Waals surface area (Å²) in [6.45, 7) is 5.30. The molecule has 1 saturated heterocycles. The smallest absolute Gasteiger partial charge is 0.236 e. The maximum atomic E-state index is 11.7. The number of hydrogen-bond donors (Lipinski definition) is 2. The highest BCUT2D eigenvalue weighted by atomic mass is 16.2. The Morgan fingerprint density at radius 2 is 2.05 bits per heavy atom. The monoisotopic (exact) mass is 260 g/mol. The molecular formula is C16H24N2O. The standard InChI is InChI=1S/C16H24N2O/c1-11-5-4-6-12(2)14(11)9-13-7-8-18-15(10-13)16(19)17-3/h4-6,13,15,18H,7-10H2,1-3H3,(H,17,19). The lowest BCUT2D eigenvalue weighted by atomic mass is 9.84. The molecule has 3 nitrogen and oxygen atoms in total. The molecule has 1 aliphatic heterocycles. The Hall–Kier alpha value is -1.35. The summed E-state index contributed by atoms with van der Waals surface area (Å²) in [4.78, 5) is 11.7. The number of hydrogen-bond acceptors (Lipinski definition) is 2. The number of rotatable bonds is 3. The number of nitrogens with one attached hydrogen (secondary N) is 2. The third-order valence-electron chi connectivity index (χ3n) is 4.21. The van der Waals surface area contributed by atoms with Gasteiger partial charge in [-0.1, -0.05) is 18.2 Å². The zero-order valence-electron chi connectivity index (χ0n) is 12.1. The summed E-state index contributed by atoms with van der Waals surface area (Å²) < 4.78 is 0. The zero-order chi connectivity index (χ0) is 13.8. The largest absolute Gasteiger partial charge is 0.358 e. The first-order valence-corrected chi connectivity index (χ1v) is 7.12. The Morgan fingerprint density at radius 3 is 2.68 bits per heavy atom. The van der Waals surface area contributed by atoms with Crippen molar-refractivity contribution >= 4 is 5.91 Å². The van der Waals surface area contributed by atoms with Crippen molar-refractivity contribution in [2.45, 2.75) is 39.2 Å². The average Bonchev–Trinajstić information content (AvgIpc) is 2.42. The van der Waals surface area contributed by atoms with Crippen LogP contribution in [-0.4, -0.2) is 25.5 Å². The molecule has 19 heavy (non-hydrogen) atoms. The van der Waals surface area contributed by atoms with Crippen LogP contribution in [0.15, 0.2) is 18.2 Å². The van der Waals surface area contributed by atoms with Crippen LogP contribution < -0.4 is 10.6 Å². The molecule has 1 amide bonds. The normalized spacial score (nSPS) is 23.1. The van der Waals surface area contributed by atoms with E-state index in [9.17, 15) is 4.79 Å². The zero-order valence-corrected chi connectivity index (χ0v) is 12.1. The molecule has 1 aromatic rings. The molecule has 0 aromatic heterocycles. The second kappa shape index (κ2) is 6.20. The lowest BCUT2D eigenvalue weighted by Crippen LogP contribution is -2.48. The maximum absolute atomic E-state index is 11.7. The number of benzene rings is 1. The summed E-state index contributed by atoms with van der Waals surface area (Å²) in [6, 6.07) is 6.46. The molecule has 2 atom stereocenters. The number of likely N-dealkylation sites (N-methyl/N-ethyl adjacent to an activating group) is 1. The third-order valence-corrected chi connectivity index (χ3v) is 4.21. The van der Waals surface area contributed by atoms with Gasteiger partial charge < -0.3 is 10.6 Å². The van der Waals surface area contributed by atoms with Gasteiger partial charge in [-0.3, -0.25) is 4.79 Å². The molecule has 1 heterocycles. The summed E-state index contributed by atoms with van der Waals surface area (Å²) in [5, 5.41) is 6.04. The van der Waals surface area contributed by atoms with Gasteiger partial charge in [-0.2, -0.15) is 0 Å². The van der Waals surface area contributed by atoms with Gasteiger partial charge in [-0.25, -0.2) is 0 Å². The SMILES string of the molecule is CNC(=O)C1CC(Cc2c(C)cccc2C)CCN1. The first-order chi connectivity index (χ1) is 9.11. The van der Waals surface area contributed by atoms with Crippen LogP contribution in [0.1, 0.15) is 29.5 Å². The predicted octanol–water partition coefficient (Wildman–Crippen LogP) is 1.96. The molecule has 1 aliphatic rings. The van der Waals surface area contributed by atoms with Crippen molar-refractivity contribution in [1.82, 2.24) is 10.6 Å². The molecule has 0 radical (unpaired) electrons. The Bertz CT molecular complexity index is 436. The highest BCUT2D eigenvalue weighted by Gasteiger charge is 2.26. The van der Waals surface area contributed by atoms with E-state index in [0.717, 1.165) is 25.8 Å². The van der Waals surface area contributed by atoms with Crippen molar-refractivity contribution in [1.29, 1.82) is 0 Å². The Kier molecular flexibility index (Phi) is 4.59. The second-order valence-electron chi connectivity index (χ2n) is 5.59. The van der Waals surface area contributed by atoms with Crippen molar-refractivity contribution in [2.24, 2.45) is 5.92 Å². The Morgan fingerprint density at radius 1 is 1.37 bits per heavy atom. The number of aryl methyl sites for hydroxylation is 2. The van der Waals surface area contributed by atoms with E-state index in [0.29, 0.717) is 5.92 Å². The lowest BCUT2D eigenvalue weighted by molar-refractivity contribution is -0.123. The first kappa shape index (κ1) is 14.1. The second-order valence-corrected chi connectivity index (χ2v) is 5.59. The van der Waals surface area contributed by atoms with Crippen LogP contribution in [0.2, 0.25) is 0 Å². The summed E-state index contributed by atoms with van der Waals surface area (Å²) in [6.07, 6.45) is 3.18. The van der Waals surface area contributed by atoms with Crippen LogP contribution >= 0.6 is 0 Å². The van der Waals surface area contributed by atoms with E-state index in [2.05, 4.69) is 42.7 Å². The Labute approximate surface area is 115 Å². The van der Waals surface area contributed by atoms with Crippen LogP contribution in [0.5, 0.6) is 0 Å². The summed E-state index contributed by atoms with van der Waals surface area (Å²) in [5.41, 5.74) is 4.20. The molecule has 0 aliphatic carbocycles. The van der Waals surface area contributed by atoms with E-state index in [1.807, 2.05) is 0 Å². The molecule has 1 aromatic carbocycles. The maximum Gasteiger partial charge on any atom is 0.236 e. The van der Waals surface area contributed by atoms with Gasteiger partial charge in [0.15, 0.2) is 0 Å². The van der Waals surface area contributed by atoms with Crippen molar-refractivity contribution in [2.75, 3.05) is 13.6 Å². The fourth-order valence-electron chi connectivity index (χ4n) is 3.02. The highest BCUT2D eigenvalue weighted by Crippen LogP contribution is 2.24. The average molecular weight is 260 g/mol. The lowest BCUT2D eigenvalue weighted by Gasteiger charge is -2.30. The summed E-state index contributed by atoms with van der Waals surface area (Å²) in [7, 11) is 1.71. The van der Waals surface area contributed by atoms with Crippen LogP contribution in [0.3, 0.4) is 0 Å². The van der Waals surface area contributed by atoms with Gasteiger partial charge >= 0.3 is 0 Å². The van der Waals surface area contributed by atoms with Crippen molar-refractivity contribution in [3.05, 3.63) is 34.9 Å². The van der Waals surface area contributed by atoms with Gasteiger partial charge in [0, 0.05) is 7.05 Å². The molecule has 2 N–H and O–H groups in total. The van der Waals surface area contributed by atoms with Crippen LogP contribution in [0, 0.1) is 19.8 Å². The molecule has 0 spiro atoms. The van der Waals surface area contributed by atoms with E-state index >= 15 is 0 Å². The number of carbonyl (C=O) groups is 1. The molecule has 1 fully saturated rings. The minimum atomic E-state index is -0.0203. The minimum absolute atomic E-state index is 0.0203. The van der Waals surface area contributed by atoms with Gasteiger partial charge in [-0.15, -0.1) is 0 Å². The summed E-state index contributed by atoms with van der Waals surface area (Å²) in [5.74, 6) is 0.717. The predicted molar refractivity (Wildman–Crippen MR) is 78.2 cm³/mol. The quantitative estimate of drug-likeness (QED) is 0.872. The topological polar surface area (TPSA) is 41.1 Å². The number of piperidine rings is 1. The summed E-state index contributed by atoms with van der Waals surface area (Å²) >= 11 is 0. The highest BCUT2D eigenvalue weighted by molar-refractivity contribution is 5.81. The number of amides is 1. The fraction of sp³-hybridized carbons (Fsp3) is 0.562. The van der Waals surface area contributed by atoms with Crippen LogP contribution in [0.4, 0.5) is 0 Å². The Balaban J connectivity index is 2.05. The molecule has 2 unspecified atom stereocenters. The van der Waals surface area contributed by atoms with Gasteiger partial charge in [0.05, 0.1) is 6.04 Å². The van der Waals surface area contributed by atoms with Gasteiger partial charge in [0.25, 0.3) is 0 Å². The minimum Gasteiger partial charge on any atom is -0.358 e. The van der Waals surface area contributed by atoms with Gasteiger partial charge in [0.2, 0.25) is 5.91 Å². The van der Waals surface area contributed by atoms with E-state index in [1.165, 1.54) is 16.7 Å². The molecular weight excluding hydrogens is 236 g/mol. The molecule has 2 rings (SSSR count). The van der Waals surface area contributed by atoms with Gasteiger partial charge in [0.1, 0.15) is 0 Å². The van der Waals surface area contributed by atoms with Crippen LogP contribution in [-0.2, 0) is 11.2 Å². The van der Waals surface area contributed by atoms with E-state index in [1.54, 1.807) is 7.05 Å². The third kappa shape index (κ3) is 3.35. The first-order valence-electron chi connectivity index (χ1n) is 7.12. The van der Waals surface area contributed by atoms with Gasteiger partial charge in [-0.05, 0) is 62.3 Å². The van der Waals surface area contributed by atoms with E-state index < -0.39 is 0 Å². The van der Waals surface area contributed by atoms with Crippen molar-refractivity contribution in [3.63, 3.8) is 0 Å². The van der Waals surface area contributed by atoms with E-state index in [-0.39, 0.29) is 11.9 Å².